The Bertz CT molecular complexity index is 598. The van der Waals surface area contributed by atoms with Gasteiger partial charge in [0.15, 0.2) is 5.16 Å². The summed E-state index contributed by atoms with van der Waals surface area (Å²) in [5, 5.41) is 12.5. The van der Waals surface area contributed by atoms with Crippen LogP contribution >= 0.6 is 11.8 Å². The van der Waals surface area contributed by atoms with Gasteiger partial charge in [0.05, 0.1) is 0 Å². The average Bonchev–Trinajstić information content (AvgIpc) is 2.91. The number of carbonyl (C=O) groups excluding carboxylic acids is 1. The largest absolute Gasteiger partial charge is 0.396 e. The molecule has 1 aromatic heterocycles. The smallest absolute Gasteiger partial charge is 0.251 e. The number of nitrogens with one attached hydrogen (secondary N) is 1. The van der Waals surface area contributed by atoms with E-state index in [1.807, 2.05) is 36.0 Å². The number of aryl methyl sites for hydroxylation is 1. The molecule has 1 aromatic carbocycles. The van der Waals surface area contributed by atoms with Crippen LogP contribution in [0.5, 0.6) is 0 Å². The van der Waals surface area contributed by atoms with Crippen LogP contribution in [0, 0.1) is 0 Å². The van der Waals surface area contributed by atoms with Crippen LogP contribution in [0.1, 0.15) is 22.3 Å². The lowest BCUT2D eigenvalue weighted by Crippen LogP contribution is -2.25. The second-order valence-electron chi connectivity index (χ2n) is 4.64. The molecule has 0 aliphatic rings. The van der Waals surface area contributed by atoms with Crippen molar-refractivity contribution in [1.82, 2.24) is 14.9 Å². The van der Waals surface area contributed by atoms with Crippen molar-refractivity contribution < 1.29 is 9.90 Å². The predicted octanol–water partition coefficient (Wildman–Crippen LogP) is 1.82. The van der Waals surface area contributed by atoms with Gasteiger partial charge in [-0.1, -0.05) is 23.9 Å². The fraction of sp³-hybridized carbons (Fsp3) is 0.333. The highest BCUT2D eigenvalue weighted by molar-refractivity contribution is 7.98. The van der Waals surface area contributed by atoms with Crippen molar-refractivity contribution >= 4 is 17.7 Å². The summed E-state index contributed by atoms with van der Waals surface area (Å²) in [5.41, 5.74) is 1.73. The van der Waals surface area contributed by atoms with Gasteiger partial charge in [0.2, 0.25) is 0 Å². The second-order valence-corrected chi connectivity index (χ2v) is 5.59. The third-order valence-electron chi connectivity index (χ3n) is 2.95. The minimum atomic E-state index is -0.104. The number of benzene rings is 1. The normalized spacial score (nSPS) is 10.6. The first-order valence-electron chi connectivity index (χ1n) is 6.79. The van der Waals surface area contributed by atoms with Crippen LogP contribution in [0.25, 0.3) is 0 Å². The van der Waals surface area contributed by atoms with Gasteiger partial charge in [-0.05, 0) is 24.1 Å². The molecule has 0 saturated carbocycles. The highest BCUT2D eigenvalue weighted by Crippen LogP contribution is 2.20. The van der Waals surface area contributed by atoms with Crippen LogP contribution in [0.4, 0.5) is 0 Å². The van der Waals surface area contributed by atoms with E-state index in [-0.39, 0.29) is 12.5 Å². The van der Waals surface area contributed by atoms with Crippen molar-refractivity contribution in [3.8, 4) is 0 Å². The van der Waals surface area contributed by atoms with Crippen molar-refractivity contribution in [3.63, 3.8) is 0 Å². The maximum Gasteiger partial charge on any atom is 0.251 e. The Hall–Kier alpha value is -1.79. The van der Waals surface area contributed by atoms with Gasteiger partial charge < -0.3 is 15.0 Å². The summed E-state index contributed by atoms with van der Waals surface area (Å²) < 4.78 is 1.97. The van der Waals surface area contributed by atoms with E-state index in [9.17, 15) is 4.79 Å². The molecule has 0 aliphatic heterocycles. The van der Waals surface area contributed by atoms with E-state index >= 15 is 0 Å². The fourth-order valence-electron chi connectivity index (χ4n) is 1.82. The lowest BCUT2D eigenvalue weighted by atomic mass is 10.1. The summed E-state index contributed by atoms with van der Waals surface area (Å²) in [6.45, 7) is 0.572. The molecule has 2 N–H and O–H groups in total. The zero-order valence-electron chi connectivity index (χ0n) is 12.0. The molecule has 0 fully saturated rings. The Morgan fingerprint density at radius 1 is 1.48 bits per heavy atom. The van der Waals surface area contributed by atoms with E-state index in [2.05, 4.69) is 10.3 Å². The number of hydrogen-bond acceptors (Lipinski definition) is 4. The van der Waals surface area contributed by atoms with Gasteiger partial charge in [0.25, 0.3) is 5.91 Å². The van der Waals surface area contributed by atoms with E-state index < -0.39 is 0 Å². The van der Waals surface area contributed by atoms with Crippen LogP contribution in [-0.4, -0.2) is 33.7 Å². The minimum absolute atomic E-state index is 0.0840. The highest BCUT2D eigenvalue weighted by Gasteiger charge is 2.06. The van der Waals surface area contributed by atoms with Gasteiger partial charge in [0, 0.05) is 43.9 Å². The fourth-order valence-corrected chi connectivity index (χ4v) is 2.70. The van der Waals surface area contributed by atoms with Crippen LogP contribution in [0.15, 0.2) is 41.8 Å². The standard InChI is InChI=1S/C15H19N3O2S/c1-18-8-7-17-15(18)21-11-12-4-2-5-13(10-12)14(20)16-6-3-9-19/h2,4-5,7-8,10,19H,3,6,9,11H2,1H3,(H,16,20). The number of rotatable bonds is 7. The van der Waals surface area contributed by atoms with E-state index in [0.717, 1.165) is 16.5 Å². The van der Waals surface area contributed by atoms with Gasteiger partial charge in [-0.15, -0.1) is 0 Å². The van der Waals surface area contributed by atoms with Gasteiger partial charge in [-0.2, -0.15) is 0 Å². The molecule has 0 saturated heterocycles. The monoisotopic (exact) mass is 305 g/mol. The van der Waals surface area contributed by atoms with Crippen LogP contribution in [0.2, 0.25) is 0 Å². The summed E-state index contributed by atoms with van der Waals surface area (Å²) in [7, 11) is 1.96. The summed E-state index contributed by atoms with van der Waals surface area (Å²) in [4.78, 5) is 16.2. The summed E-state index contributed by atoms with van der Waals surface area (Å²) in [6.07, 6.45) is 4.25. The average molecular weight is 305 g/mol. The van der Waals surface area contributed by atoms with Crippen molar-refractivity contribution in [2.45, 2.75) is 17.3 Å². The van der Waals surface area contributed by atoms with Crippen LogP contribution in [-0.2, 0) is 12.8 Å². The van der Waals surface area contributed by atoms with E-state index in [0.29, 0.717) is 18.5 Å². The minimum Gasteiger partial charge on any atom is -0.396 e. The summed E-state index contributed by atoms with van der Waals surface area (Å²) in [6, 6.07) is 7.57. The molecule has 2 aromatic rings. The topological polar surface area (TPSA) is 67.2 Å². The van der Waals surface area contributed by atoms with E-state index in [1.165, 1.54) is 0 Å². The molecule has 0 bridgehead atoms. The van der Waals surface area contributed by atoms with Gasteiger partial charge in [-0.25, -0.2) is 4.98 Å². The quantitative estimate of drug-likeness (QED) is 0.605. The number of nitrogens with zero attached hydrogens (tertiary/aromatic N) is 2. The summed E-state index contributed by atoms with van der Waals surface area (Å²) in [5.74, 6) is 0.662. The van der Waals surface area contributed by atoms with Gasteiger partial charge in [-0.3, -0.25) is 4.79 Å². The Labute approximate surface area is 128 Å². The number of hydrogen-bond donors (Lipinski definition) is 2. The lowest BCUT2D eigenvalue weighted by Gasteiger charge is -2.06. The Morgan fingerprint density at radius 2 is 2.33 bits per heavy atom. The second kappa shape index (κ2) is 7.85. The van der Waals surface area contributed by atoms with Crippen LogP contribution < -0.4 is 5.32 Å². The molecular weight excluding hydrogens is 286 g/mol. The lowest BCUT2D eigenvalue weighted by molar-refractivity contribution is 0.0951. The third kappa shape index (κ3) is 4.61. The molecule has 1 heterocycles. The third-order valence-corrected chi connectivity index (χ3v) is 4.08. The van der Waals surface area contributed by atoms with Crippen molar-refractivity contribution in [1.29, 1.82) is 0 Å². The number of carbonyl (C=O) groups is 1. The summed E-state index contributed by atoms with van der Waals surface area (Å²) >= 11 is 1.64. The SMILES string of the molecule is Cn1ccnc1SCc1cccc(C(=O)NCCCO)c1. The zero-order valence-corrected chi connectivity index (χ0v) is 12.8. The molecule has 0 aliphatic carbocycles. The molecule has 0 spiro atoms. The molecule has 0 unspecified atom stereocenters. The Morgan fingerprint density at radius 3 is 3.05 bits per heavy atom. The molecule has 0 atom stereocenters. The molecule has 6 heteroatoms. The van der Waals surface area contributed by atoms with Crippen molar-refractivity contribution in [2.24, 2.45) is 7.05 Å². The molecule has 112 valence electrons. The number of imidazole rings is 1. The number of amides is 1. The number of aromatic nitrogens is 2. The highest BCUT2D eigenvalue weighted by atomic mass is 32.2. The maximum absolute atomic E-state index is 11.9. The van der Waals surface area contributed by atoms with E-state index in [4.69, 9.17) is 5.11 Å². The predicted molar refractivity (Wildman–Crippen MR) is 83.2 cm³/mol. The molecular formula is C15H19N3O2S. The van der Waals surface area contributed by atoms with E-state index in [1.54, 1.807) is 24.0 Å². The van der Waals surface area contributed by atoms with Crippen LogP contribution in [0.3, 0.4) is 0 Å². The van der Waals surface area contributed by atoms with Crippen molar-refractivity contribution in [3.05, 3.63) is 47.8 Å². The van der Waals surface area contributed by atoms with Crippen molar-refractivity contribution in [2.75, 3.05) is 13.2 Å². The first-order chi connectivity index (χ1) is 10.2. The Kier molecular flexibility index (Phi) is 5.83. The van der Waals surface area contributed by atoms with Gasteiger partial charge >= 0.3 is 0 Å². The maximum atomic E-state index is 11.9. The molecule has 2 rings (SSSR count). The first kappa shape index (κ1) is 15.6. The molecule has 1 amide bonds. The van der Waals surface area contributed by atoms with Gasteiger partial charge in [0.1, 0.15) is 0 Å². The zero-order chi connectivity index (χ0) is 15.1. The first-order valence-corrected chi connectivity index (χ1v) is 7.77. The molecule has 21 heavy (non-hydrogen) atoms. The number of aliphatic hydroxyl groups is 1. The number of thioether (sulfide) groups is 1. The molecule has 0 radical (unpaired) electrons. The molecule has 5 nitrogen and oxygen atoms in total. The number of aliphatic hydroxyl groups excluding tert-OH is 1. The Balaban J connectivity index is 1.94.